The van der Waals surface area contributed by atoms with Gasteiger partial charge in [0.1, 0.15) is 0 Å². The second kappa shape index (κ2) is 10.8. The van der Waals surface area contributed by atoms with E-state index in [1.165, 1.54) is 7.11 Å². The highest BCUT2D eigenvalue weighted by molar-refractivity contribution is 7.79. The van der Waals surface area contributed by atoms with Crippen LogP contribution in [0.5, 0.6) is 5.75 Å². The van der Waals surface area contributed by atoms with Crippen molar-refractivity contribution in [3.8, 4) is 16.9 Å². The molecule has 3 aromatic carbocycles. The molecule has 1 unspecified atom stereocenters. The fraction of sp³-hybridized carbons (Fsp3) is 0.346. The number of rotatable bonds is 9. The highest BCUT2D eigenvalue weighted by Crippen LogP contribution is 2.41. The number of benzene rings is 3. The lowest BCUT2D eigenvalue weighted by molar-refractivity contribution is -0.140. The standard InChI is InChI=1S/C26H29NO5S/c1-31-25(28)13-10-18-14-23(21-12-11-19-6-2-3-7-20(19)16-21)26(32-22-8-4-5-9-22)24(15-18)27-17-33(29)30/h2-3,6-7,11-12,14-16,22,27H,4-5,8-10,13,17H2,1H3,(H,29,30)/p-1. The van der Waals surface area contributed by atoms with Crippen LogP contribution in [0.1, 0.15) is 37.7 Å². The number of hydrogen-bond donors (Lipinski definition) is 1. The Bertz CT molecular complexity index is 1160. The highest BCUT2D eigenvalue weighted by Gasteiger charge is 2.22. The van der Waals surface area contributed by atoms with E-state index in [2.05, 4.69) is 35.6 Å². The Morgan fingerprint density at radius 1 is 1.09 bits per heavy atom. The van der Waals surface area contributed by atoms with Gasteiger partial charge in [-0.25, -0.2) is 0 Å². The molecule has 33 heavy (non-hydrogen) atoms. The van der Waals surface area contributed by atoms with Gasteiger partial charge in [-0.05, 0) is 83.3 Å². The summed E-state index contributed by atoms with van der Waals surface area (Å²) in [5.74, 6) is 0.145. The minimum absolute atomic E-state index is 0.100. The first-order valence-electron chi connectivity index (χ1n) is 11.2. The number of carbonyl (C=O) groups is 1. The van der Waals surface area contributed by atoms with Crippen LogP contribution in [0.25, 0.3) is 21.9 Å². The van der Waals surface area contributed by atoms with Gasteiger partial charge in [-0.2, -0.15) is 0 Å². The lowest BCUT2D eigenvalue weighted by Gasteiger charge is -2.23. The predicted molar refractivity (Wildman–Crippen MR) is 130 cm³/mol. The first-order valence-corrected chi connectivity index (χ1v) is 12.5. The predicted octanol–water partition coefficient (Wildman–Crippen LogP) is 5.18. The summed E-state index contributed by atoms with van der Waals surface area (Å²) >= 11 is -2.26. The summed E-state index contributed by atoms with van der Waals surface area (Å²) in [7, 11) is 1.37. The minimum atomic E-state index is -2.26. The van der Waals surface area contributed by atoms with E-state index in [4.69, 9.17) is 9.47 Å². The van der Waals surface area contributed by atoms with E-state index in [1.807, 2.05) is 24.3 Å². The smallest absolute Gasteiger partial charge is 0.305 e. The van der Waals surface area contributed by atoms with Crippen LogP contribution in [0, 0.1) is 0 Å². The molecule has 7 heteroatoms. The molecule has 0 aromatic heterocycles. The molecule has 3 aromatic rings. The number of anilines is 1. The molecular formula is C26H28NO5S-. The van der Waals surface area contributed by atoms with Gasteiger partial charge in [0.15, 0.2) is 5.75 Å². The van der Waals surface area contributed by atoms with Crippen molar-refractivity contribution in [2.75, 3.05) is 18.3 Å². The SMILES string of the molecule is COC(=O)CCc1cc(NCS(=O)[O-])c(OC2CCCC2)c(-c2ccc3ccccc3c2)c1. The second-order valence-corrected chi connectivity index (χ2v) is 9.20. The fourth-order valence-electron chi connectivity index (χ4n) is 4.32. The maximum Gasteiger partial charge on any atom is 0.305 e. The molecule has 0 heterocycles. The molecule has 174 valence electrons. The zero-order valence-electron chi connectivity index (χ0n) is 18.7. The van der Waals surface area contributed by atoms with Crippen LogP contribution in [0.15, 0.2) is 54.6 Å². The van der Waals surface area contributed by atoms with Crippen molar-refractivity contribution in [1.82, 2.24) is 0 Å². The average molecular weight is 467 g/mol. The molecule has 1 N–H and O–H groups in total. The molecule has 1 aliphatic rings. The number of aryl methyl sites for hydroxylation is 1. The van der Waals surface area contributed by atoms with E-state index in [9.17, 15) is 13.6 Å². The van der Waals surface area contributed by atoms with Crippen molar-refractivity contribution >= 4 is 33.5 Å². The number of hydrogen-bond acceptors (Lipinski definition) is 6. The summed E-state index contributed by atoms with van der Waals surface area (Å²) in [5.41, 5.74) is 3.39. The third-order valence-corrected chi connectivity index (χ3v) is 6.40. The molecule has 0 saturated heterocycles. The number of esters is 1. The molecule has 1 fully saturated rings. The summed E-state index contributed by atoms with van der Waals surface area (Å²) in [6, 6.07) is 18.3. The van der Waals surface area contributed by atoms with Gasteiger partial charge in [-0.3, -0.25) is 9.00 Å². The molecule has 0 amide bonds. The number of methoxy groups -OCH3 is 1. The average Bonchev–Trinajstić information content (AvgIpc) is 3.34. The van der Waals surface area contributed by atoms with Gasteiger partial charge >= 0.3 is 5.97 Å². The van der Waals surface area contributed by atoms with E-state index >= 15 is 0 Å². The maximum atomic E-state index is 11.7. The molecule has 0 radical (unpaired) electrons. The van der Waals surface area contributed by atoms with E-state index in [-0.39, 0.29) is 24.4 Å². The second-order valence-electron chi connectivity index (χ2n) is 8.31. The number of fused-ring (bicyclic) bond motifs is 1. The van der Waals surface area contributed by atoms with E-state index in [0.29, 0.717) is 17.9 Å². The number of nitrogens with one attached hydrogen (secondary N) is 1. The Labute approximate surface area is 196 Å². The Morgan fingerprint density at radius 2 is 1.85 bits per heavy atom. The highest BCUT2D eigenvalue weighted by atomic mass is 32.2. The van der Waals surface area contributed by atoms with Crippen LogP contribution in [-0.4, -0.2) is 33.8 Å². The molecule has 4 rings (SSSR count). The van der Waals surface area contributed by atoms with Crippen molar-refractivity contribution in [2.45, 2.75) is 44.6 Å². The molecule has 1 aliphatic carbocycles. The van der Waals surface area contributed by atoms with Gasteiger partial charge in [-0.1, -0.05) is 36.4 Å². The van der Waals surface area contributed by atoms with Gasteiger partial charge < -0.3 is 19.3 Å². The van der Waals surface area contributed by atoms with Crippen LogP contribution in [-0.2, 0) is 27.0 Å². The van der Waals surface area contributed by atoms with Gasteiger partial charge in [-0.15, -0.1) is 0 Å². The third kappa shape index (κ3) is 5.92. The van der Waals surface area contributed by atoms with Crippen molar-refractivity contribution in [3.63, 3.8) is 0 Å². The van der Waals surface area contributed by atoms with Crippen molar-refractivity contribution in [1.29, 1.82) is 0 Å². The first-order chi connectivity index (χ1) is 16.0. The van der Waals surface area contributed by atoms with Gasteiger partial charge in [0.2, 0.25) is 0 Å². The number of carbonyl (C=O) groups excluding carboxylic acids is 1. The lowest BCUT2D eigenvalue weighted by atomic mass is 9.96. The molecule has 6 nitrogen and oxygen atoms in total. The number of ether oxygens (including phenoxy) is 2. The van der Waals surface area contributed by atoms with Crippen molar-refractivity contribution < 1.29 is 23.0 Å². The van der Waals surface area contributed by atoms with E-state index in [0.717, 1.165) is 53.1 Å². The monoisotopic (exact) mass is 466 g/mol. The first kappa shape index (κ1) is 23.3. The minimum Gasteiger partial charge on any atom is -0.771 e. The van der Waals surface area contributed by atoms with Crippen LogP contribution >= 0.6 is 0 Å². The summed E-state index contributed by atoms with van der Waals surface area (Å²) in [6.07, 6.45) is 5.03. The summed E-state index contributed by atoms with van der Waals surface area (Å²) in [5, 5.41) is 5.27. The normalized spacial score (nSPS) is 14.8. The summed E-state index contributed by atoms with van der Waals surface area (Å²) in [4.78, 5) is 11.7. The van der Waals surface area contributed by atoms with Gasteiger partial charge in [0.25, 0.3) is 0 Å². The Hall–Kier alpha value is -2.90. The Balaban J connectivity index is 1.81. The molecule has 0 bridgehead atoms. The van der Waals surface area contributed by atoms with Crippen LogP contribution < -0.4 is 10.1 Å². The zero-order valence-corrected chi connectivity index (χ0v) is 19.5. The Kier molecular flexibility index (Phi) is 7.62. The van der Waals surface area contributed by atoms with Crippen LogP contribution in [0.4, 0.5) is 5.69 Å². The molecular weight excluding hydrogens is 438 g/mol. The zero-order chi connectivity index (χ0) is 23.2. The molecule has 0 aliphatic heterocycles. The Morgan fingerprint density at radius 3 is 2.58 bits per heavy atom. The van der Waals surface area contributed by atoms with Gasteiger partial charge in [0.05, 0.1) is 24.8 Å². The largest absolute Gasteiger partial charge is 0.771 e. The molecule has 1 saturated carbocycles. The molecule has 1 atom stereocenters. The van der Waals surface area contributed by atoms with Gasteiger partial charge in [0, 0.05) is 12.0 Å². The van der Waals surface area contributed by atoms with Crippen LogP contribution in [0.3, 0.4) is 0 Å². The third-order valence-electron chi connectivity index (χ3n) is 6.02. The quantitative estimate of drug-likeness (QED) is 0.345. The maximum absolute atomic E-state index is 11.7. The topological polar surface area (TPSA) is 87.7 Å². The molecule has 0 spiro atoms. The van der Waals surface area contributed by atoms with E-state index < -0.39 is 11.1 Å². The summed E-state index contributed by atoms with van der Waals surface area (Å²) in [6.45, 7) is 0. The lowest BCUT2D eigenvalue weighted by Crippen LogP contribution is -2.15. The van der Waals surface area contributed by atoms with Crippen LogP contribution in [0.2, 0.25) is 0 Å². The summed E-state index contributed by atoms with van der Waals surface area (Å²) < 4.78 is 33.9. The fourth-order valence-corrected chi connectivity index (χ4v) is 4.59. The van der Waals surface area contributed by atoms with Crippen molar-refractivity contribution in [2.24, 2.45) is 0 Å². The van der Waals surface area contributed by atoms with E-state index in [1.54, 1.807) is 0 Å². The van der Waals surface area contributed by atoms with Crippen molar-refractivity contribution in [3.05, 3.63) is 60.2 Å².